The van der Waals surface area contributed by atoms with Crippen molar-refractivity contribution >= 4 is 34.6 Å². The van der Waals surface area contributed by atoms with Gasteiger partial charge in [-0.05, 0) is 18.2 Å². The van der Waals surface area contributed by atoms with Crippen LogP contribution in [-0.2, 0) is 9.59 Å². The number of nitrogens with zero attached hydrogens (tertiary/aromatic N) is 3. The van der Waals surface area contributed by atoms with Gasteiger partial charge in [0, 0.05) is 48.7 Å². The van der Waals surface area contributed by atoms with Crippen LogP contribution in [0.3, 0.4) is 0 Å². The van der Waals surface area contributed by atoms with Gasteiger partial charge in [-0.25, -0.2) is 9.59 Å². The topological polar surface area (TPSA) is 95.7 Å². The van der Waals surface area contributed by atoms with Gasteiger partial charge in [-0.1, -0.05) is 30.9 Å². The molecule has 27 heavy (non-hydrogen) atoms. The predicted molar refractivity (Wildman–Crippen MR) is 104 cm³/mol. The molecule has 0 fully saturated rings. The molecule has 0 unspecified atom stereocenters. The van der Waals surface area contributed by atoms with Gasteiger partial charge in [0.1, 0.15) is 0 Å². The smallest absolute Gasteiger partial charge is 0.328 e. The summed E-state index contributed by atoms with van der Waals surface area (Å²) in [4.78, 5) is 23.2. The van der Waals surface area contributed by atoms with Crippen LogP contribution in [0.2, 0.25) is 0 Å². The molecule has 7 heteroatoms. The first-order valence-electron chi connectivity index (χ1n) is 7.94. The SMILES string of the molecule is C=Cc1cn(N(C)c2ccncc2)c2ccccc12.O=C(O)C=CC(=O)O. The lowest BCUT2D eigenvalue weighted by Crippen LogP contribution is -2.23. The van der Waals surface area contributed by atoms with Gasteiger partial charge in [0.05, 0.1) is 11.2 Å². The number of rotatable bonds is 5. The molecular weight excluding hydrogens is 346 g/mol. The quantitative estimate of drug-likeness (QED) is 0.674. The van der Waals surface area contributed by atoms with Crippen molar-refractivity contribution in [2.24, 2.45) is 0 Å². The van der Waals surface area contributed by atoms with E-state index in [4.69, 9.17) is 10.2 Å². The summed E-state index contributed by atoms with van der Waals surface area (Å²) in [5.41, 5.74) is 3.39. The van der Waals surface area contributed by atoms with Crippen molar-refractivity contribution in [2.45, 2.75) is 0 Å². The van der Waals surface area contributed by atoms with E-state index >= 15 is 0 Å². The van der Waals surface area contributed by atoms with Crippen LogP contribution in [0.4, 0.5) is 5.69 Å². The lowest BCUT2D eigenvalue weighted by Gasteiger charge is -2.21. The first-order valence-corrected chi connectivity index (χ1v) is 7.94. The lowest BCUT2D eigenvalue weighted by molar-refractivity contribution is -0.134. The highest BCUT2D eigenvalue weighted by atomic mass is 16.4. The number of para-hydroxylation sites is 1. The number of fused-ring (bicyclic) bond motifs is 1. The molecule has 0 saturated heterocycles. The zero-order chi connectivity index (χ0) is 19.8. The van der Waals surface area contributed by atoms with Crippen molar-refractivity contribution in [3.05, 3.63) is 79.3 Å². The van der Waals surface area contributed by atoms with Crippen LogP contribution in [-0.4, -0.2) is 38.9 Å². The maximum atomic E-state index is 9.55. The maximum Gasteiger partial charge on any atom is 0.328 e. The minimum absolute atomic E-state index is 0.558. The Balaban J connectivity index is 0.000000279. The van der Waals surface area contributed by atoms with Crippen LogP contribution in [0.25, 0.3) is 17.0 Å². The number of anilines is 1. The van der Waals surface area contributed by atoms with E-state index in [9.17, 15) is 9.59 Å². The average Bonchev–Trinajstić information content (AvgIpc) is 3.06. The summed E-state index contributed by atoms with van der Waals surface area (Å²) in [6.45, 7) is 3.88. The molecule has 3 aromatic rings. The zero-order valence-corrected chi connectivity index (χ0v) is 14.7. The number of aliphatic carboxylic acids is 2. The first-order chi connectivity index (χ1) is 12.9. The van der Waals surface area contributed by atoms with Crippen LogP contribution < -0.4 is 5.01 Å². The summed E-state index contributed by atoms with van der Waals surface area (Å²) in [6, 6.07) is 12.3. The van der Waals surface area contributed by atoms with Gasteiger partial charge in [0.25, 0.3) is 0 Å². The number of hydrogen-bond acceptors (Lipinski definition) is 4. The Morgan fingerprint density at radius 3 is 2.22 bits per heavy atom. The number of aromatic nitrogens is 2. The number of carbonyl (C=O) groups is 2. The molecule has 0 aliphatic carbocycles. The molecule has 2 aromatic heterocycles. The summed E-state index contributed by atoms with van der Waals surface area (Å²) in [5, 5.41) is 18.9. The largest absolute Gasteiger partial charge is 0.478 e. The van der Waals surface area contributed by atoms with E-state index in [1.54, 1.807) is 12.4 Å². The van der Waals surface area contributed by atoms with Gasteiger partial charge in [-0.2, -0.15) is 0 Å². The summed E-state index contributed by atoms with van der Waals surface area (Å²) in [5.74, 6) is -2.51. The second-order valence-electron chi connectivity index (χ2n) is 5.39. The minimum atomic E-state index is -1.26. The molecule has 2 heterocycles. The van der Waals surface area contributed by atoms with Gasteiger partial charge >= 0.3 is 11.9 Å². The van der Waals surface area contributed by atoms with E-state index in [0.29, 0.717) is 12.2 Å². The predicted octanol–water partition coefficient (Wildman–Crippen LogP) is 3.29. The Bertz CT molecular complexity index is 961. The minimum Gasteiger partial charge on any atom is -0.478 e. The van der Waals surface area contributed by atoms with Crippen LogP contribution in [0, 0.1) is 0 Å². The van der Waals surface area contributed by atoms with Crippen molar-refractivity contribution in [3.8, 4) is 0 Å². The highest BCUT2D eigenvalue weighted by Gasteiger charge is 2.09. The van der Waals surface area contributed by atoms with Gasteiger partial charge in [0.2, 0.25) is 0 Å². The summed E-state index contributed by atoms with van der Waals surface area (Å²) in [6.07, 6.45) is 8.69. The van der Waals surface area contributed by atoms with E-state index < -0.39 is 11.9 Å². The van der Waals surface area contributed by atoms with Crippen molar-refractivity contribution in [1.82, 2.24) is 9.66 Å². The Morgan fingerprint density at radius 1 is 1.07 bits per heavy atom. The molecule has 0 spiro atoms. The van der Waals surface area contributed by atoms with Gasteiger partial charge in [-0.15, -0.1) is 0 Å². The zero-order valence-electron chi connectivity index (χ0n) is 14.7. The Labute approximate surface area is 156 Å². The third kappa shape index (κ3) is 5.05. The van der Waals surface area contributed by atoms with Gasteiger partial charge in [0.15, 0.2) is 0 Å². The second kappa shape index (κ2) is 9.00. The molecule has 0 atom stereocenters. The number of benzene rings is 1. The third-order valence-corrected chi connectivity index (χ3v) is 3.67. The molecule has 3 rings (SSSR count). The van der Waals surface area contributed by atoms with Crippen molar-refractivity contribution < 1.29 is 19.8 Å². The van der Waals surface area contributed by atoms with Crippen LogP contribution in [0.15, 0.2) is 73.7 Å². The number of carboxylic acids is 2. The Morgan fingerprint density at radius 2 is 1.67 bits per heavy atom. The molecule has 1 aromatic carbocycles. The van der Waals surface area contributed by atoms with E-state index in [0.717, 1.165) is 16.8 Å². The Hall–Kier alpha value is -3.87. The summed E-state index contributed by atoms with van der Waals surface area (Å²) >= 11 is 0. The molecule has 0 amide bonds. The molecule has 138 valence electrons. The monoisotopic (exact) mass is 365 g/mol. The van der Waals surface area contributed by atoms with E-state index in [-0.39, 0.29) is 0 Å². The third-order valence-electron chi connectivity index (χ3n) is 3.67. The first kappa shape index (κ1) is 19.5. The molecule has 2 N–H and O–H groups in total. The fraction of sp³-hybridized carbons (Fsp3) is 0.0500. The molecule has 0 saturated carbocycles. The standard InChI is InChI=1S/C16H15N3.C4H4O4/c1-3-13-12-19(16-7-5-4-6-15(13)16)18(2)14-8-10-17-11-9-14;5-3(6)1-2-4(7)8/h3-12H,1H2,2H3;1-2H,(H,5,6)(H,7,8). The molecule has 7 nitrogen and oxygen atoms in total. The highest BCUT2D eigenvalue weighted by molar-refractivity contribution is 5.90. The normalized spacial score (nSPS) is 10.3. The van der Waals surface area contributed by atoms with Crippen molar-refractivity contribution in [1.29, 1.82) is 0 Å². The molecule has 0 bridgehead atoms. The van der Waals surface area contributed by atoms with Gasteiger partial charge in [-0.3, -0.25) is 14.7 Å². The number of carboxylic acid groups (broad SMARTS) is 2. The van der Waals surface area contributed by atoms with Crippen LogP contribution >= 0.6 is 0 Å². The fourth-order valence-corrected chi connectivity index (χ4v) is 2.43. The molecular formula is C20H19N3O4. The fourth-order valence-electron chi connectivity index (χ4n) is 2.43. The average molecular weight is 365 g/mol. The van der Waals surface area contributed by atoms with Crippen molar-refractivity contribution in [2.75, 3.05) is 12.1 Å². The van der Waals surface area contributed by atoms with E-state index in [1.165, 1.54) is 5.39 Å². The van der Waals surface area contributed by atoms with Crippen molar-refractivity contribution in [3.63, 3.8) is 0 Å². The molecule has 0 radical (unpaired) electrons. The molecule has 0 aliphatic heterocycles. The number of hydrogen-bond donors (Lipinski definition) is 2. The van der Waals surface area contributed by atoms with Gasteiger partial charge < -0.3 is 10.2 Å². The van der Waals surface area contributed by atoms with Crippen LogP contribution in [0.5, 0.6) is 0 Å². The molecule has 0 aliphatic rings. The second-order valence-corrected chi connectivity index (χ2v) is 5.39. The van der Waals surface area contributed by atoms with Crippen LogP contribution in [0.1, 0.15) is 5.56 Å². The highest BCUT2D eigenvalue weighted by Crippen LogP contribution is 2.24. The maximum absolute atomic E-state index is 9.55. The Kier molecular flexibility index (Phi) is 6.49. The lowest BCUT2D eigenvalue weighted by atomic mass is 10.2. The summed E-state index contributed by atoms with van der Waals surface area (Å²) < 4.78 is 2.13. The number of pyridine rings is 1. The summed E-state index contributed by atoms with van der Waals surface area (Å²) in [7, 11) is 2.04. The van der Waals surface area contributed by atoms with E-state index in [2.05, 4.69) is 39.6 Å². The van der Waals surface area contributed by atoms with E-state index in [1.807, 2.05) is 37.4 Å².